The molecule has 3 rings (SSSR count). The van der Waals surface area contributed by atoms with Gasteiger partial charge >= 0.3 is 0 Å². The fraction of sp³-hybridized carbons (Fsp3) is 0.412. The molecule has 0 spiro atoms. The largest absolute Gasteiger partial charge is 0.373 e. The van der Waals surface area contributed by atoms with Gasteiger partial charge in [-0.3, -0.25) is 0 Å². The summed E-state index contributed by atoms with van der Waals surface area (Å²) in [6.45, 7) is 7.39. The molecule has 4 heteroatoms. The second-order valence-corrected chi connectivity index (χ2v) is 6.25. The topological polar surface area (TPSA) is 41.0 Å². The maximum absolute atomic E-state index is 4.65. The van der Waals surface area contributed by atoms with Gasteiger partial charge in [0, 0.05) is 25.2 Å². The van der Waals surface area contributed by atoms with Crippen molar-refractivity contribution in [1.82, 2.24) is 9.97 Å². The van der Waals surface area contributed by atoms with Crippen molar-refractivity contribution in [1.29, 1.82) is 0 Å². The van der Waals surface area contributed by atoms with Gasteiger partial charge in [0.1, 0.15) is 17.5 Å². The summed E-state index contributed by atoms with van der Waals surface area (Å²) in [5, 5.41) is 3.12. The van der Waals surface area contributed by atoms with Gasteiger partial charge in [0.25, 0.3) is 0 Å². The molecule has 0 radical (unpaired) electrons. The van der Waals surface area contributed by atoms with Gasteiger partial charge in [-0.05, 0) is 38.3 Å². The van der Waals surface area contributed by atoms with Gasteiger partial charge in [-0.2, -0.15) is 0 Å². The standard InChI is InChI=1S/C17H22N4/c1-12-19-15(18-4)9-16(20-12)21-11-14-8-6-5-7-13(14)10-17(21,2)3/h5-9H,10-11H2,1-4H3,(H,18,19,20). The molecule has 1 aromatic heterocycles. The highest BCUT2D eigenvalue weighted by Crippen LogP contribution is 2.34. The van der Waals surface area contributed by atoms with E-state index in [1.54, 1.807) is 0 Å². The van der Waals surface area contributed by atoms with Crippen LogP contribution in [0.25, 0.3) is 0 Å². The van der Waals surface area contributed by atoms with Crippen molar-refractivity contribution in [2.45, 2.75) is 39.3 Å². The Morgan fingerprint density at radius 3 is 2.57 bits per heavy atom. The Morgan fingerprint density at radius 1 is 1.14 bits per heavy atom. The van der Waals surface area contributed by atoms with Crippen LogP contribution in [0.1, 0.15) is 30.8 Å². The number of hydrogen-bond donors (Lipinski definition) is 1. The van der Waals surface area contributed by atoms with Crippen molar-refractivity contribution in [2.75, 3.05) is 17.3 Å². The van der Waals surface area contributed by atoms with Gasteiger partial charge in [0.2, 0.25) is 0 Å². The van der Waals surface area contributed by atoms with Gasteiger partial charge < -0.3 is 10.2 Å². The molecule has 0 amide bonds. The molecule has 4 nitrogen and oxygen atoms in total. The van der Waals surface area contributed by atoms with Gasteiger partial charge in [0.15, 0.2) is 0 Å². The summed E-state index contributed by atoms with van der Waals surface area (Å²) >= 11 is 0. The number of fused-ring (bicyclic) bond motifs is 1. The molecule has 0 bridgehead atoms. The van der Waals surface area contributed by atoms with Crippen LogP contribution in [0, 0.1) is 6.92 Å². The summed E-state index contributed by atoms with van der Waals surface area (Å²) in [4.78, 5) is 11.4. The highest BCUT2D eigenvalue weighted by Gasteiger charge is 2.33. The van der Waals surface area contributed by atoms with Crippen LogP contribution in [0.4, 0.5) is 11.6 Å². The normalized spacial score (nSPS) is 16.5. The zero-order chi connectivity index (χ0) is 15.0. The van der Waals surface area contributed by atoms with E-state index in [9.17, 15) is 0 Å². The monoisotopic (exact) mass is 282 g/mol. The fourth-order valence-corrected chi connectivity index (χ4v) is 3.04. The molecule has 0 atom stereocenters. The molecular formula is C17H22N4. The number of rotatable bonds is 2. The van der Waals surface area contributed by atoms with E-state index >= 15 is 0 Å². The average molecular weight is 282 g/mol. The Morgan fingerprint density at radius 2 is 1.86 bits per heavy atom. The first-order chi connectivity index (χ1) is 9.99. The van der Waals surface area contributed by atoms with Crippen molar-refractivity contribution in [3.05, 3.63) is 47.3 Å². The average Bonchev–Trinajstić information content (AvgIpc) is 2.44. The summed E-state index contributed by atoms with van der Waals surface area (Å²) in [6.07, 6.45) is 1.03. The molecule has 0 aliphatic carbocycles. The van der Waals surface area contributed by atoms with Crippen LogP contribution >= 0.6 is 0 Å². The number of aryl methyl sites for hydroxylation is 1. The molecule has 1 aliphatic heterocycles. The van der Waals surface area contributed by atoms with E-state index in [0.29, 0.717) is 0 Å². The number of nitrogens with one attached hydrogen (secondary N) is 1. The minimum absolute atomic E-state index is 0.0418. The molecule has 0 saturated heterocycles. The Bertz CT molecular complexity index is 664. The number of anilines is 2. The third kappa shape index (κ3) is 2.58. The van der Waals surface area contributed by atoms with E-state index in [0.717, 1.165) is 30.4 Å². The van der Waals surface area contributed by atoms with Crippen LogP contribution in [0.15, 0.2) is 30.3 Å². The number of aromatic nitrogens is 2. The molecule has 1 aliphatic rings. The first kappa shape index (κ1) is 13.9. The Kier molecular flexibility index (Phi) is 3.32. The van der Waals surface area contributed by atoms with Gasteiger partial charge in [-0.1, -0.05) is 24.3 Å². The van der Waals surface area contributed by atoms with E-state index < -0.39 is 0 Å². The lowest BCUT2D eigenvalue weighted by Crippen LogP contribution is -2.49. The minimum Gasteiger partial charge on any atom is -0.373 e. The fourth-order valence-electron chi connectivity index (χ4n) is 3.04. The second kappa shape index (κ2) is 5.02. The Balaban J connectivity index is 2.04. The number of benzene rings is 1. The van der Waals surface area contributed by atoms with E-state index in [4.69, 9.17) is 0 Å². The molecule has 1 aromatic carbocycles. The molecule has 2 aromatic rings. The van der Waals surface area contributed by atoms with Crippen molar-refractivity contribution in [2.24, 2.45) is 0 Å². The summed E-state index contributed by atoms with van der Waals surface area (Å²) in [6, 6.07) is 10.7. The lowest BCUT2D eigenvalue weighted by molar-refractivity contribution is 0.427. The lowest BCUT2D eigenvalue weighted by Gasteiger charge is -2.44. The summed E-state index contributed by atoms with van der Waals surface area (Å²) in [5.41, 5.74) is 2.87. The summed E-state index contributed by atoms with van der Waals surface area (Å²) < 4.78 is 0. The van der Waals surface area contributed by atoms with E-state index in [-0.39, 0.29) is 5.54 Å². The minimum atomic E-state index is 0.0418. The highest BCUT2D eigenvalue weighted by atomic mass is 15.3. The molecule has 2 heterocycles. The molecule has 110 valence electrons. The number of nitrogens with zero attached hydrogens (tertiary/aromatic N) is 3. The molecular weight excluding hydrogens is 260 g/mol. The van der Waals surface area contributed by atoms with E-state index in [2.05, 4.69) is 58.3 Å². The Hall–Kier alpha value is -2.10. The Labute approximate surface area is 126 Å². The highest BCUT2D eigenvalue weighted by molar-refractivity contribution is 5.53. The van der Waals surface area contributed by atoms with E-state index in [1.165, 1.54) is 11.1 Å². The molecule has 0 saturated carbocycles. The van der Waals surface area contributed by atoms with E-state index in [1.807, 2.05) is 20.0 Å². The zero-order valence-corrected chi connectivity index (χ0v) is 13.1. The zero-order valence-electron chi connectivity index (χ0n) is 13.1. The maximum Gasteiger partial charge on any atom is 0.135 e. The SMILES string of the molecule is CNc1cc(N2Cc3ccccc3CC2(C)C)nc(C)n1. The molecule has 21 heavy (non-hydrogen) atoms. The predicted molar refractivity (Wildman–Crippen MR) is 86.7 cm³/mol. The van der Waals surface area contributed by atoms with Gasteiger partial charge in [-0.15, -0.1) is 0 Å². The van der Waals surface area contributed by atoms with Crippen LogP contribution in [0.2, 0.25) is 0 Å². The van der Waals surface area contributed by atoms with Crippen LogP contribution < -0.4 is 10.2 Å². The van der Waals surface area contributed by atoms with Gasteiger partial charge in [0.05, 0.1) is 0 Å². The molecule has 0 fully saturated rings. The first-order valence-electron chi connectivity index (χ1n) is 7.37. The maximum atomic E-state index is 4.65. The van der Waals surface area contributed by atoms with Crippen molar-refractivity contribution in [3.8, 4) is 0 Å². The third-order valence-electron chi connectivity index (χ3n) is 4.16. The smallest absolute Gasteiger partial charge is 0.135 e. The molecule has 1 N–H and O–H groups in total. The van der Waals surface area contributed by atoms with Gasteiger partial charge in [-0.25, -0.2) is 9.97 Å². The molecule has 0 unspecified atom stereocenters. The third-order valence-corrected chi connectivity index (χ3v) is 4.16. The second-order valence-electron chi connectivity index (χ2n) is 6.25. The van der Waals surface area contributed by atoms with Crippen molar-refractivity contribution < 1.29 is 0 Å². The summed E-state index contributed by atoms with van der Waals surface area (Å²) in [5.74, 6) is 2.66. The van der Waals surface area contributed by atoms with Crippen LogP contribution in [-0.2, 0) is 13.0 Å². The van der Waals surface area contributed by atoms with Crippen molar-refractivity contribution in [3.63, 3.8) is 0 Å². The van der Waals surface area contributed by atoms with Crippen molar-refractivity contribution >= 4 is 11.6 Å². The van der Waals surface area contributed by atoms with Crippen LogP contribution in [0.3, 0.4) is 0 Å². The van der Waals surface area contributed by atoms with Crippen LogP contribution in [0.5, 0.6) is 0 Å². The first-order valence-corrected chi connectivity index (χ1v) is 7.37. The quantitative estimate of drug-likeness (QED) is 0.918. The number of hydrogen-bond acceptors (Lipinski definition) is 4. The summed E-state index contributed by atoms with van der Waals surface area (Å²) in [7, 11) is 1.89. The predicted octanol–water partition coefficient (Wildman–Crippen LogP) is 3.17. The van der Waals surface area contributed by atoms with Crippen LogP contribution in [-0.4, -0.2) is 22.6 Å². The lowest BCUT2D eigenvalue weighted by atomic mass is 9.85.